The molecule has 4 nitrogen and oxygen atoms in total. The van der Waals surface area contributed by atoms with Gasteiger partial charge in [-0.25, -0.2) is 4.98 Å². The number of fused-ring (bicyclic) bond motifs is 7. The maximum Gasteiger partial charge on any atom is 0.227 e. The van der Waals surface area contributed by atoms with Gasteiger partial charge in [-0.3, -0.25) is 0 Å². The minimum atomic E-state index is 0.599. The molecule has 2 heterocycles. The van der Waals surface area contributed by atoms with Crippen molar-refractivity contribution in [2.24, 2.45) is 0 Å². The van der Waals surface area contributed by atoms with Crippen LogP contribution in [-0.2, 0) is 0 Å². The van der Waals surface area contributed by atoms with Gasteiger partial charge in [0.05, 0.1) is 16.7 Å². The molecule has 12 rings (SSSR count). The molecule has 0 N–H and O–H groups in total. The van der Waals surface area contributed by atoms with Crippen LogP contribution in [0, 0.1) is 0 Å². The van der Waals surface area contributed by atoms with E-state index < -0.39 is 0 Å². The summed E-state index contributed by atoms with van der Waals surface area (Å²) in [5.74, 6) is 0.599. The zero-order valence-electron chi connectivity index (χ0n) is 33.1. The van der Waals surface area contributed by atoms with Gasteiger partial charge in [-0.15, -0.1) is 0 Å². The van der Waals surface area contributed by atoms with Crippen LogP contribution in [0.2, 0.25) is 0 Å². The lowest BCUT2D eigenvalue weighted by Gasteiger charge is -2.26. The normalized spacial score (nSPS) is 11.6. The van der Waals surface area contributed by atoms with Crippen molar-refractivity contribution in [2.45, 2.75) is 0 Å². The van der Waals surface area contributed by atoms with Gasteiger partial charge < -0.3 is 13.9 Å². The molecular weight excluding hydrogens is 743 g/mol. The van der Waals surface area contributed by atoms with Gasteiger partial charge >= 0.3 is 0 Å². The fourth-order valence-electron chi connectivity index (χ4n) is 9.02. The second-order valence-corrected chi connectivity index (χ2v) is 15.6. The number of nitrogens with zero attached hydrogens (tertiary/aromatic N) is 3. The molecule has 286 valence electrons. The van der Waals surface area contributed by atoms with E-state index >= 15 is 0 Å². The Hall–Kier alpha value is -8.21. The SMILES string of the molecule is c1ccc(-c2nc3cccc(N(c4ccc(-c5ccc6ccccc6c5)cc4)c4ccc(-c5ccc6c(c5)c5ccc7ccccc7c5n6-c5ccccc5)cc4)c3o2)cc1. The van der Waals surface area contributed by atoms with Crippen molar-refractivity contribution < 1.29 is 4.42 Å². The number of rotatable bonds is 7. The van der Waals surface area contributed by atoms with Gasteiger partial charge in [0.15, 0.2) is 5.58 Å². The second kappa shape index (κ2) is 14.3. The predicted molar refractivity (Wildman–Crippen MR) is 254 cm³/mol. The number of hydrogen-bond donors (Lipinski definition) is 0. The molecule has 0 aliphatic rings. The van der Waals surface area contributed by atoms with Gasteiger partial charge in [0.25, 0.3) is 0 Å². The third-order valence-corrected chi connectivity index (χ3v) is 12.0. The molecule has 0 amide bonds. The molecule has 0 bridgehead atoms. The van der Waals surface area contributed by atoms with E-state index in [9.17, 15) is 0 Å². The van der Waals surface area contributed by atoms with Crippen LogP contribution < -0.4 is 4.90 Å². The topological polar surface area (TPSA) is 34.2 Å². The van der Waals surface area contributed by atoms with Gasteiger partial charge in [-0.2, -0.15) is 0 Å². The summed E-state index contributed by atoms with van der Waals surface area (Å²) in [6.45, 7) is 0. The molecule has 2 aromatic heterocycles. The zero-order valence-corrected chi connectivity index (χ0v) is 33.1. The number of aromatic nitrogens is 2. The van der Waals surface area contributed by atoms with Gasteiger partial charge in [-0.1, -0.05) is 146 Å². The predicted octanol–water partition coefficient (Wildman–Crippen LogP) is 15.7. The van der Waals surface area contributed by atoms with E-state index in [4.69, 9.17) is 9.40 Å². The minimum Gasteiger partial charge on any atom is -0.434 e. The maximum atomic E-state index is 6.62. The number of benzene rings is 10. The Morgan fingerprint density at radius 2 is 1.00 bits per heavy atom. The monoisotopic (exact) mass is 779 g/mol. The molecule has 61 heavy (non-hydrogen) atoms. The minimum absolute atomic E-state index is 0.599. The highest BCUT2D eigenvalue weighted by Gasteiger charge is 2.21. The molecule has 0 spiro atoms. The van der Waals surface area contributed by atoms with Crippen molar-refractivity contribution in [3.8, 4) is 39.4 Å². The lowest BCUT2D eigenvalue weighted by molar-refractivity contribution is 0.620. The lowest BCUT2D eigenvalue weighted by atomic mass is 10.00. The van der Waals surface area contributed by atoms with E-state index in [1.54, 1.807) is 0 Å². The van der Waals surface area contributed by atoms with Gasteiger partial charge in [0, 0.05) is 38.8 Å². The van der Waals surface area contributed by atoms with E-state index in [1.165, 1.54) is 48.9 Å². The highest BCUT2D eigenvalue weighted by atomic mass is 16.3. The van der Waals surface area contributed by atoms with Crippen LogP contribution in [0.15, 0.2) is 229 Å². The zero-order chi connectivity index (χ0) is 40.3. The summed E-state index contributed by atoms with van der Waals surface area (Å²) in [6.07, 6.45) is 0. The summed E-state index contributed by atoms with van der Waals surface area (Å²) in [4.78, 5) is 7.21. The molecule has 0 fully saturated rings. The van der Waals surface area contributed by atoms with Crippen LogP contribution in [0.4, 0.5) is 17.1 Å². The van der Waals surface area contributed by atoms with Gasteiger partial charge in [0.1, 0.15) is 5.52 Å². The maximum absolute atomic E-state index is 6.62. The lowest BCUT2D eigenvalue weighted by Crippen LogP contribution is -2.10. The van der Waals surface area contributed by atoms with Crippen LogP contribution in [0.1, 0.15) is 0 Å². The van der Waals surface area contributed by atoms with Crippen molar-refractivity contribution >= 4 is 71.5 Å². The summed E-state index contributed by atoms with van der Waals surface area (Å²) >= 11 is 0. The molecule has 0 saturated heterocycles. The highest BCUT2D eigenvalue weighted by Crippen LogP contribution is 2.43. The fraction of sp³-hybridized carbons (Fsp3) is 0. The van der Waals surface area contributed by atoms with Gasteiger partial charge in [0.2, 0.25) is 5.89 Å². The first kappa shape index (κ1) is 34.8. The Labute approximate surface area is 352 Å². The van der Waals surface area contributed by atoms with Crippen LogP contribution in [0.3, 0.4) is 0 Å². The Balaban J connectivity index is 0.976. The molecule has 0 atom stereocenters. The Morgan fingerprint density at radius 1 is 0.393 bits per heavy atom. The Morgan fingerprint density at radius 3 is 1.75 bits per heavy atom. The van der Waals surface area contributed by atoms with Crippen LogP contribution >= 0.6 is 0 Å². The molecule has 10 aromatic carbocycles. The molecule has 0 unspecified atom stereocenters. The van der Waals surface area contributed by atoms with E-state index in [2.05, 4.69) is 198 Å². The van der Waals surface area contributed by atoms with E-state index in [0.717, 1.165) is 56.1 Å². The largest absolute Gasteiger partial charge is 0.434 e. The first-order valence-electron chi connectivity index (χ1n) is 20.7. The van der Waals surface area contributed by atoms with Crippen LogP contribution in [-0.4, -0.2) is 9.55 Å². The van der Waals surface area contributed by atoms with Crippen molar-refractivity contribution in [2.75, 3.05) is 4.90 Å². The first-order chi connectivity index (χ1) is 30.2. The Kier molecular flexibility index (Phi) is 8.13. The van der Waals surface area contributed by atoms with Crippen molar-refractivity contribution in [3.05, 3.63) is 224 Å². The van der Waals surface area contributed by atoms with Crippen LogP contribution in [0.5, 0.6) is 0 Å². The highest BCUT2D eigenvalue weighted by molar-refractivity contribution is 6.19. The van der Waals surface area contributed by atoms with Gasteiger partial charge in [-0.05, 0) is 117 Å². The molecule has 0 aliphatic heterocycles. The van der Waals surface area contributed by atoms with Crippen molar-refractivity contribution in [1.82, 2.24) is 9.55 Å². The van der Waals surface area contributed by atoms with E-state index in [1.807, 2.05) is 36.4 Å². The number of anilines is 3. The average molecular weight is 780 g/mol. The molecule has 0 radical (unpaired) electrons. The number of oxazole rings is 1. The van der Waals surface area contributed by atoms with Crippen LogP contribution in [0.25, 0.3) is 93.8 Å². The molecule has 0 aliphatic carbocycles. The Bertz CT molecular complexity index is 3570. The third-order valence-electron chi connectivity index (χ3n) is 12.0. The van der Waals surface area contributed by atoms with Crippen molar-refractivity contribution in [3.63, 3.8) is 0 Å². The average Bonchev–Trinajstić information content (AvgIpc) is 3.93. The van der Waals surface area contributed by atoms with Crippen molar-refractivity contribution in [1.29, 1.82) is 0 Å². The molecule has 0 saturated carbocycles. The first-order valence-corrected chi connectivity index (χ1v) is 20.7. The molecular formula is C57H37N3O. The molecule has 4 heteroatoms. The summed E-state index contributed by atoms with van der Waals surface area (Å²) in [5.41, 5.74) is 13.6. The molecule has 12 aromatic rings. The van der Waals surface area contributed by atoms with E-state index in [-0.39, 0.29) is 0 Å². The quantitative estimate of drug-likeness (QED) is 0.162. The second-order valence-electron chi connectivity index (χ2n) is 15.6. The van der Waals surface area contributed by atoms with E-state index in [0.29, 0.717) is 5.89 Å². The standard InChI is InChI=1S/C57H37N3O/c1-3-14-42(15-4-1)57-58-52-20-11-21-54(56(52)61-57)59(47-30-24-39(25-31-47)44-23-22-38-12-7-8-16-43(38)36-44)48-32-26-40(27-33-48)45-29-35-53-51(37-45)50-34-28-41-13-9-10-19-49(41)55(50)60(53)46-17-5-2-6-18-46/h1-37H. The third kappa shape index (κ3) is 5.96. The summed E-state index contributed by atoms with van der Waals surface area (Å²) < 4.78 is 9.03. The fourth-order valence-corrected chi connectivity index (χ4v) is 9.02. The summed E-state index contributed by atoms with van der Waals surface area (Å²) in [7, 11) is 0. The summed E-state index contributed by atoms with van der Waals surface area (Å²) in [6, 6.07) is 79.9. The summed E-state index contributed by atoms with van der Waals surface area (Å²) in [5, 5.41) is 7.41. The number of hydrogen-bond acceptors (Lipinski definition) is 3. The number of para-hydroxylation sites is 2. The smallest absolute Gasteiger partial charge is 0.227 e.